The van der Waals surface area contributed by atoms with Gasteiger partial charge in [-0.2, -0.15) is 18.3 Å². The van der Waals surface area contributed by atoms with E-state index in [0.717, 1.165) is 6.07 Å². The van der Waals surface area contributed by atoms with E-state index in [2.05, 4.69) is 16.1 Å². The lowest BCUT2D eigenvalue weighted by atomic mass is 10.1. The fraction of sp³-hybridized carbons (Fsp3) is 0.375. The molecule has 1 atom stereocenters. The first-order valence-electron chi connectivity index (χ1n) is 3.53. The van der Waals surface area contributed by atoms with Crippen LogP contribution in [0.2, 0.25) is 0 Å². The molecule has 1 rings (SSSR count). The Morgan fingerprint density at radius 2 is 2.23 bits per heavy atom. The maximum absolute atomic E-state index is 12.0. The average Bonchev–Trinajstić information content (AvgIpc) is 2.50. The molecule has 1 N–H and O–H groups in total. The standard InChI is InChI=1S/C8H7F3N2/c1-3-5(2)6-4-7(13-12-6)8(9,10)11/h1,4-5H,2H3,(H,12,13). The first-order valence-corrected chi connectivity index (χ1v) is 3.53. The Bertz CT molecular complexity index is 332. The lowest BCUT2D eigenvalue weighted by Gasteiger charge is -1.99. The minimum absolute atomic E-state index is 0.301. The molecule has 2 nitrogen and oxygen atoms in total. The molecule has 0 saturated heterocycles. The van der Waals surface area contributed by atoms with E-state index in [1.165, 1.54) is 0 Å². The largest absolute Gasteiger partial charge is 0.435 e. The summed E-state index contributed by atoms with van der Waals surface area (Å²) in [7, 11) is 0. The molecule has 0 aliphatic carbocycles. The van der Waals surface area contributed by atoms with Crippen LogP contribution in [-0.4, -0.2) is 10.2 Å². The molecule has 5 heteroatoms. The highest BCUT2D eigenvalue weighted by molar-refractivity contribution is 5.21. The normalized spacial score (nSPS) is 13.8. The van der Waals surface area contributed by atoms with Crippen LogP contribution < -0.4 is 0 Å². The molecule has 0 aliphatic rings. The third-order valence-corrected chi connectivity index (χ3v) is 1.60. The van der Waals surface area contributed by atoms with Crippen LogP contribution in [0.5, 0.6) is 0 Å². The van der Waals surface area contributed by atoms with Gasteiger partial charge >= 0.3 is 6.18 Å². The fourth-order valence-corrected chi connectivity index (χ4v) is 0.793. The molecule has 13 heavy (non-hydrogen) atoms. The van der Waals surface area contributed by atoms with E-state index in [-0.39, 0.29) is 5.92 Å². The van der Waals surface area contributed by atoms with Crippen molar-refractivity contribution in [1.82, 2.24) is 10.2 Å². The highest BCUT2D eigenvalue weighted by Crippen LogP contribution is 2.28. The lowest BCUT2D eigenvalue weighted by molar-refractivity contribution is -0.141. The van der Waals surface area contributed by atoms with Crippen molar-refractivity contribution in [1.29, 1.82) is 0 Å². The highest BCUT2D eigenvalue weighted by atomic mass is 19.4. The number of nitrogens with one attached hydrogen (secondary N) is 1. The maximum Gasteiger partial charge on any atom is 0.435 e. The second kappa shape index (κ2) is 3.13. The van der Waals surface area contributed by atoms with Gasteiger partial charge < -0.3 is 0 Å². The summed E-state index contributed by atoms with van der Waals surface area (Å²) >= 11 is 0. The summed E-state index contributed by atoms with van der Waals surface area (Å²) in [5, 5.41) is 5.36. The Balaban J connectivity index is 2.95. The second-order valence-corrected chi connectivity index (χ2v) is 2.59. The van der Waals surface area contributed by atoms with Gasteiger partial charge in [-0.15, -0.1) is 6.42 Å². The summed E-state index contributed by atoms with van der Waals surface area (Å²) in [6.07, 6.45) is 0.630. The number of terminal acetylenes is 1. The Kier molecular flexibility index (Phi) is 2.32. The number of alkyl halides is 3. The van der Waals surface area contributed by atoms with Gasteiger partial charge in [-0.25, -0.2) is 0 Å². The molecule has 0 saturated carbocycles. The lowest BCUT2D eigenvalue weighted by Crippen LogP contribution is -2.04. The zero-order chi connectivity index (χ0) is 10.1. The third-order valence-electron chi connectivity index (χ3n) is 1.60. The summed E-state index contributed by atoms with van der Waals surface area (Å²) in [4.78, 5) is 0. The molecule has 1 unspecified atom stereocenters. The van der Waals surface area contributed by atoms with Crippen molar-refractivity contribution in [3.63, 3.8) is 0 Å². The minimum atomic E-state index is -4.41. The molecule has 0 amide bonds. The first-order chi connectivity index (χ1) is 5.95. The second-order valence-electron chi connectivity index (χ2n) is 2.59. The summed E-state index contributed by atoms with van der Waals surface area (Å²) in [6.45, 7) is 1.62. The van der Waals surface area contributed by atoms with Crippen molar-refractivity contribution in [2.24, 2.45) is 0 Å². The van der Waals surface area contributed by atoms with Crippen LogP contribution >= 0.6 is 0 Å². The zero-order valence-corrected chi connectivity index (χ0v) is 6.81. The van der Waals surface area contributed by atoms with Crippen molar-refractivity contribution >= 4 is 0 Å². The highest BCUT2D eigenvalue weighted by Gasteiger charge is 2.34. The number of hydrogen-bond donors (Lipinski definition) is 1. The summed E-state index contributed by atoms with van der Waals surface area (Å²) in [6, 6.07) is 0.921. The van der Waals surface area contributed by atoms with E-state index in [9.17, 15) is 13.2 Å². The van der Waals surface area contributed by atoms with Gasteiger partial charge in [0.2, 0.25) is 0 Å². The molecule has 0 radical (unpaired) electrons. The van der Waals surface area contributed by atoms with Gasteiger partial charge in [0.05, 0.1) is 11.6 Å². The Hall–Kier alpha value is -1.44. The van der Waals surface area contributed by atoms with Crippen molar-refractivity contribution in [2.45, 2.75) is 19.0 Å². The number of nitrogens with zero attached hydrogens (tertiary/aromatic N) is 1. The van der Waals surface area contributed by atoms with Gasteiger partial charge in [0, 0.05) is 0 Å². The molecule has 0 spiro atoms. The van der Waals surface area contributed by atoms with Crippen molar-refractivity contribution in [3.05, 3.63) is 17.5 Å². The molecule has 0 aromatic carbocycles. The fourth-order valence-electron chi connectivity index (χ4n) is 0.793. The van der Waals surface area contributed by atoms with Crippen LogP contribution in [0.4, 0.5) is 13.2 Å². The van der Waals surface area contributed by atoms with Crippen LogP contribution in [0.3, 0.4) is 0 Å². The monoisotopic (exact) mass is 188 g/mol. The predicted molar refractivity (Wildman–Crippen MR) is 40.8 cm³/mol. The van der Waals surface area contributed by atoms with E-state index in [4.69, 9.17) is 6.42 Å². The quantitative estimate of drug-likeness (QED) is 0.672. The van der Waals surface area contributed by atoms with E-state index in [0.29, 0.717) is 5.69 Å². The average molecular weight is 188 g/mol. The smallest absolute Gasteiger partial charge is 0.281 e. The SMILES string of the molecule is C#CC(C)c1cc(C(F)(F)F)n[nH]1. The molecule has 1 aromatic heterocycles. The van der Waals surface area contributed by atoms with Crippen LogP contribution in [0, 0.1) is 12.3 Å². The van der Waals surface area contributed by atoms with E-state index in [1.807, 2.05) is 0 Å². The molecule has 1 heterocycles. The zero-order valence-electron chi connectivity index (χ0n) is 6.81. The maximum atomic E-state index is 12.0. The summed E-state index contributed by atoms with van der Waals surface area (Å²) in [5.41, 5.74) is -0.639. The van der Waals surface area contributed by atoms with E-state index < -0.39 is 11.9 Å². The van der Waals surface area contributed by atoms with Crippen molar-refractivity contribution in [3.8, 4) is 12.3 Å². The molecule has 0 bridgehead atoms. The number of hydrogen-bond acceptors (Lipinski definition) is 1. The number of halogens is 3. The number of aromatic amines is 1. The number of rotatable bonds is 1. The minimum Gasteiger partial charge on any atom is -0.281 e. The topological polar surface area (TPSA) is 28.7 Å². The molecule has 0 aliphatic heterocycles. The van der Waals surface area contributed by atoms with Gasteiger partial charge in [0.1, 0.15) is 0 Å². The van der Waals surface area contributed by atoms with Crippen molar-refractivity contribution in [2.75, 3.05) is 0 Å². The molecular weight excluding hydrogens is 181 g/mol. The number of aromatic nitrogens is 2. The summed E-state index contributed by atoms with van der Waals surface area (Å²) < 4.78 is 36.1. The molecule has 1 aromatic rings. The van der Waals surface area contributed by atoms with E-state index >= 15 is 0 Å². The van der Waals surface area contributed by atoms with Gasteiger partial charge in [-0.3, -0.25) is 5.10 Å². The van der Waals surface area contributed by atoms with Crippen LogP contribution in [0.15, 0.2) is 6.07 Å². The van der Waals surface area contributed by atoms with Crippen molar-refractivity contribution < 1.29 is 13.2 Å². The molecular formula is C8H7F3N2. The molecule has 70 valence electrons. The van der Waals surface area contributed by atoms with E-state index in [1.54, 1.807) is 6.92 Å². The Labute approximate surface area is 73.1 Å². The van der Waals surface area contributed by atoms with Crippen LogP contribution in [-0.2, 0) is 6.18 Å². The van der Waals surface area contributed by atoms with Gasteiger partial charge in [-0.05, 0) is 13.0 Å². The summed E-state index contributed by atoms with van der Waals surface area (Å²) in [5.74, 6) is 1.92. The van der Waals surface area contributed by atoms with Crippen LogP contribution in [0.25, 0.3) is 0 Å². The molecule has 0 fully saturated rings. The number of H-pyrrole nitrogens is 1. The van der Waals surface area contributed by atoms with Gasteiger partial charge in [0.25, 0.3) is 0 Å². The third kappa shape index (κ3) is 2.02. The first kappa shape index (κ1) is 9.65. The van der Waals surface area contributed by atoms with Crippen LogP contribution in [0.1, 0.15) is 24.2 Å². The van der Waals surface area contributed by atoms with Gasteiger partial charge in [0.15, 0.2) is 5.69 Å². The Morgan fingerprint density at radius 1 is 1.62 bits per heavy atom. The van der Waals surface area contributed by atoms with Gasteiger partial charge in [-0.1, -0.05) is 5.92 Å². The predicted octanol–water partition coefficient (Wildman–Crippen LogP) is 2.17. The Morgan fingerprint density at radius 3 is 2.62 bits per heavy atom.